The van der Waals surface area contributed by atoms with E-state index in [2.05, 4.69) is 23.7 Å². The number of rotatable bonds is 10. The summed E-state index contributed by atoms with van der Waals surface area (Å²) in [7, 11) is 0. The number of hydrogen-bond acceptors (Lipinski definition) is 6. The Morgan fingerprint density at radius 1 is 1.03 bits per heavy atom. The summed E-state index contributed by atoms with van der Waals surface area (Å²) in [5.41, 5.74) is 3.15. The van der Waals surface area contributed by atoms with Gasteiger partial charge in [0.25, 0.3) is 11.7 Å². The molecule has 0 bridgehead atoms. The van der Waals surface area contributed by atoms with Gasteiger partial charge < -0.3 is 19.6 Å². The molecule has 192 valence electrons. The third kappa shape index (κ3) is 5.73. The highest BCUT2D eigenvalue weighted by Crippen LogP contribution is 2.39. The van der Waals surface area contributed by atoms with Gasteiger partial charge in [-0.1, -0.05) is 44.2 Å². The van der Waals surface area contributed by atoms with Crippen LogP contribution in [-0.4, -0.2) is 57.8 Å². The van der Waals surface area contributed by atoms with E-state index in [0.29, 0.717) is 31.0 Å². The Hall–Kier alpha value is -3.97. The van der Waals surface area contributed by atoms with Crippen LogP contribution in [0.25, 0.3) is 5.76 Å². The van der Waals surface area contributed by atoms with Crippen LogP contribution in [0.5, 0.6) is 5.75 Å². The first-order valence-electron chi connectivity index (χ1n) is 12.6. The first kappa shape index (κ1) is 26.1. The van der Waals surface area contributed by atoms with E-state index in [1.54, 1.807) is 47.6 Å². The number of pyridine rings is 1. The molecule has 0 spiro atoms. The van der Waals surface area contributed by atoms with E-state index < -0.39 is 17.7 Å². The van der Waals surface area contributed by atoms with Crippen LogP contribution in [0, 0.1) is 6.92 Å². The van der Waals surface area contributed by atoms with Crippen LogP contribution in [-0.2, 0) is 16.2 Å². The quantitative estimate of drug-likeness (QED) is 0.247. The number of aliphatic hydroxyl groups excluding tert-OH is 1. The molecule has 1 aromatic heterocycles. The monoisotopic (exact) mass is 499 g/mol. The molecule has 0 unspecified atom stereocenters. The molecule has 1 amide bonds. The number of ketones is 1. The third-order valence-corrected chi connectivity index (χ3v) is 6.80. The van der Waals surface area contributed by atoms with E-state index in [4.69, 9.17) is 4.74 Å². The van der Waals surface area contributed by atoms with Crippen molar-refractivity contribution in [3.63, 3.8) is 0 Å². The number of hydrogen-bond donors (Lipinski definition) is 1. The predicted molar refractivity (Wildman–Crippen MR) is 143 cm³/mol. The molecule has 7 nitrogen and oxygen atoms in total. The number of aromatic nitrogens is 1. The van der Waals surface area contributed by atoms with Gasteiger partial charge in [0.2, 0.25) is 0 Å². The summed E-state index contributed by atoms with van der Waals surface area (Å²) < 4.78 is 5.97. The maximum Gasteiger partial charge on any atom is 0.295 e. The molecular weight excluding hydrogens is 466 g/mol. The van der Waals surface area contributed by atoms with Crippen molar-refractivity contribution in [2.75, 3.05) is 26.2 Å². The van der Waals surface area contributed by atoms with Gasteiger partial charge in [0.15, 0.2) is 0 Å². The van der Waals surface area contributed by atoms with Gasteiger partial charge in [-0.2, -0.15) is 0 Å². The smallest absolute Gasteiger partial charge is 0.295 e. The Morgan fingerprint density at radius 2 is 1.73 bits per heavy atom. The van der Waals surface area contributed by atoms with Crippen molar-refractivity contribution < 1.29 is 19.4 Å². The number of nitrogens with zero attached hydrogens (tertiary/aromatic N) is 3. The summed E-state index contributed by atoms with van der Waals surface area (Å²) >= 11 is 0. The lowest BCUT2D eigenvalue weighted by molar-refractivity contribution is -0.140. The molecule has 2 aromatic carbocycles. The van der Waals surface area contributed by atoms with Gasteiger partial charge in [-0.15, -0.1) is 0 Å². The van der Waals surface area contributed by atoms with Crippen molar-refractivity contribution in [2.45, 2.75) is 33.4 Å². The fourth-order valence-corrected chi connectivity index (χ4v) is 4.64. The Kier molecular flexibility index (Phi) is 8.36. The number of Topliss-reactive ketones (excluding diaryl/α,β-unsaturated/α-hetero) is 1. The standard InChI is InChI=1S/C30H33N3O4/c1-4-32(5-2)17-18-33-27(23-13-15-31-16-14-23)26(29(35)30(33)36)28(34)24-11-12-25(21(3)19-24)37-20-22-9-7-6-8-10-22/h6-16,19,27,34H,4-5,17-18,20H2,1-3H3/t27-/m1/s1. The number of aliphatic hydroxyl groups is 1. The summed E-state index contributed by atoms with van der Waals surface area (Å²) in [5.74, 6) is -0.787. The highest BCUT2D eigenvalue weighted by atomic mass is 16.5. The van der Waals surface area contributed by atoms with Crippen LogP contribution in [0.1, 0.15) is 42.1 Å². The van der Waals surface area contributed by atoms with Gasteiger partial charge >= 0.3 is 0 Å². The first-order chi connectivity index (χ1) is 17.9. The second kappa shape index (κ2) is 11.8. The molecule has 0 aliphatic carbocycles. The second-order valence-corrected chi connectivity index (χ2v) is 9.05. The SMILES string of the molecule is CCN(CC)CCN1C(=O)C(=O)C(=C(O)c2ccc(OCc3ccccc3)c(C)c2)[C@H]1c1ccncc1. The number of likely N-dealkylation sites (tertiary alicyclic amines) is 1. The van der Waals surface area contributed by atoms with Crippen molar-refractivity contribution in [1.82, 2.24) is 14.8 Å². The largest absolute Gasteiger partial charge is 0.507 e. The normalized spacial score (nSPS) is 17.0. The van der Waals surface area contributed by atoms with Crippen molar-refractivity contribution >= 4 is 17.4 Å². The lowest BCUT2D eigenvalue weighted by Gasteiger charge is -2.28. The molecule has 1 aliphatic heterocycles. The summed E-state index contributed by atoms with van der Waals surface area (Å²) in [6, 6.07) is 18.0. The number of carbonyl (C=O) groups excluding carboxylic acids is 2. The van der Waals surface area contributed by atoms with Crippen LogP contribution in [0.3, 0.4) is 0 Å². The third-order valence-electron chi connectivity index (χ3n) is 6.80. The van der Waals surface area contributed by atoms with Crippen LogP contribution >= 0.6 is 0 Å². The van der Waals surface area contributed by atoms with Crippen LogP contribution in [0.15, 0.2) is 78.6 Å². The Bertz CT molecular complexity index is 1270. The number of ether oxygens (including phenoxy) is 1. The first-order valence-corrected chi connectivity index (χ1v) is 12.6. The number of carbonyl (C=O) groups is 2. The van der Waals surface area contributed by atoms with Gasteiger partial charge in [0, 0.05) is 31.0 Å². The topological polar surface area (TPSA) is 83.0 Å². The average Bonchev–Trinajstić information content (AvgIpc) is 3.18. The van der Waals surface area contributed by atoms with Gasteiger partial charge in [0.1, 0.15) is 18.1 Å². The molecule has 2 heterocycles. The van der Waals surface area contributed by atoms with E-state index in [-0.39, 0.29) is 11.3 Å². The van der Waals surface area contributed by atoms with Crippen molar-refractivity contribution in [2.24, 2.45) is 0 Å². The highest BCUT2D eigenvalue weighted by molar-refractivity contribution is 6.46. The fourth-order valence-electron chi connectivity index (χ4n) is 4.64. The number of likely N-dealkylation sites (N-methyl/N-ethyl adjacent to an activating group) is 1. The molecule has 37 heavy (non-hydrogen) atoms. The fraction of sp³-hybridized carbons (Fsp3) is 0.300. The van der Waals surface area contributed by atoms with E-state index in [1.807, 2.05) is 37.3 Å². The van der Waals surface area contributed by atoms with Crippen molar-refractivity contribution in [3.05, 3.63) is 101 Å². The minimum absolute atomic E-state index is 0.0908. The zero-order valence-corrected chi connectivity index (χ0v) is 21.6. The molecule has 7 heteroatoms. The summed E-state index contributed by atoms with van der Waals surface area (Å²) in [6.07, 6.45) is 3.26. The molecule has 1 atom stereocenters. The number of aryl methyl sites for hydroxylation is 1. The van der Waals surface area contributed by atoms with Crippen molar-refractivity contribution in [3.8, 4) is 5.75 Å². The maximum atomic E-state index is 13.2. The molecule has 0 radical (unpaired) electrons. The Balaban J connectivity index is 1.66. The summed E-state index contributed by atoms with van der Waals surface area (Å²) in [4.78, 5) is 34.2. The maximum absolute atomic E-state index is 13.2. The summed E-state index contributed by atoms with van der Waals surface area (Å²) in [5, 5.41) is 11.4. The number of amides is 1. The lowest BCUT2D eigenvalue weighted by Crippen LogP contribution is -2.38. The Morgan fingerprint density at radius 3 is 2.38 bits per heavy atom. The second-order valence-electron chi connectivity index (χ2n) is 9.05. The van der Waals surface area contributed by atoms with E-state index >= 15 is 0 Å². The van der Waals surface area contributed by atoms with E-state index in [0.717, 1.165) is 29.8 Å². The summed E-state index contributed by atoms with van der Waals surface area (Å²) in [6.45, 7) is 9.14. The van der Waals surface area contributed by atoms with Gasteiger partial charge in [-0.25, -0.2) is 0 Å². The average molecular weight is 500 g/mol. The number of benzene rings is 2. The minimum atomic E-state index is -0.687. The molecule has 1 aliphatic rings. The zero-order chi connectivity index (χ0) is 26.4. The van der Waals surface area contributed by atoms with Crippen LogP contribution < -0.4 is 4.74 Å². The molecular formula is C30H33N3O4. The minimum Gasteiger partial charge on any atom is -0.507 e. The molecule has 1 N–H and O–H groups in total. The van der Waals surface area contributed by atoms with E-state index in [9.17, 15) is 14.7 Å². The van der Waals surface area contributed by atoms with Gasteiger partial charge in [-0.05, 0) is 67.0 Å². The highest BCUT2D eigenvalue weighted by Gasteiger charge is 2.46. The van der Waals surface area contributed by atoms with Crippen molar-refractivity contribution in [1.29, 1.82) is 0 Å². The molecule has 3 aromatic rings. The van der Waals surface area contributed by atoms with Gasteiger partial charge in [-0.3, -0.25) is 14.6 Å². The van der Waals surface area contributed by atoms with Crippen LogP contribution in [0.2, 0.25) is 0 Å². The lowest BCUT2D eigenvalue weighted by atomic mass is 9.95. The van der Waals surface area contributed by atoms with Gasteiger partial charge in [0.05, 0.1) is 11.6 Å². The zero-order valence-electron chi connectivity index (χ0n) is 21.6. The molecule has 0 saturated carbocycles. The van der Waals surface area contributed by atoms with E-state index in [1.165, 1.54) is 0 Å². The molecule has 1 fully saturated rings. The van der Waals surface area contributed by atoms with Crippen LogP contribution in [0.4, 0.5) is 0 Å². The predicted octanol–water partition coefficient (Wildman–Crippen LogP) is 4.73. The Labute approximate surface area is 218 Å². The molecule has 1 saturated heterocycles. The molecule has 4 rings (SSSR count).